The Balaban J connectivity index is 1.54. The number of hydrogen-bond donors (Lipinski definition) is 0. The summed E-state index contributed by atoms with van der Waals surface area (Å²) in [5.74, 6) is -3.01. The molecule has 11 nitrogen and oxygen atoms in total. The van der Waals surface area contributed by atoms with E-state index in [1.807, 2.05) is 29.2 Å². The van der Waals surface area contributed by atoms with E-state index < -0.39 is 53.1 Å². The number of aromatic nitrogens is 1. The van der Waals surface area contributed by atoms with Crippen LogP contribution in [0.4, 0.5) is 19.3 Å². The number of morpholine rings is 2. The summed E-state index contributed by atoms with van der Waals surface area (Å²) in [4.78, 5) is 42.5. The molecular formula is C29H26F2N4O7. The summed E-state index contributed by atoms with van der Waals surface area (Å²) in [7, 11) is 1.09. The van der Waals surface area contributed by atoms with Gasteiger partial charge in [0.25, 0.3) is 5.91 Å². The molecule has 0 radical (unpaired) electrons. The van der Waals surface area contributed by atoms with Crippen molar-refractivity contribution in [3.8, 4) is 5.75 Å². The summed E-state index contributed by atoms with van der Waals surface area (Å²) in [6, 6.07) is 9.95. The molecule has 3 aromatic rings. The first kappa shape index (κ1) is 26.4. The minimum atomic E-state index is -1.16. The highest BCUT2D eigenvalue weighted by molar-refractivity contribution is 5.97. The van der Waals surface area contributed by atoms with Crippen LogP contribution in [-0.2, 0) is 14.2 Å². The molecular weight excluding hydrogens is 554 g/mol. The van der Waals surface area contributed by atoms with E-state index in [0.29, 0.717) is 18.7 Å². The molecule has 0 spiro atoms. The van der Waals surface area contributed by atoms with E-state index in [1.54, 1.807) is 11.1 Å². The molecule has 2 saturated heterocycles. The zero-order valence-corrected chi connectivity index (χ0v) is 22.5. The first-order valence-electron chi connectivity index (χ1n) is 13.5. The summed E-state index contributed by atoms with van der Waals surface area (Å²) < 4.78 is 53.7. The maximum Gasteiger partial charge on any atom is 0.513 e. The predicted molar refractivity (Wildman–Crippen MR) is 143 cm³/mol. The van der Waals surface area contributed by atoms with Gasteiger partial charge in [-0.25, -0.2) is 13.6 Å². The van der Waals surface area contributed by atoms with Gasteiger partial charge in [0.15, 0.2) is 17.3 Å². The number of nitrogens with zero attached hydrogens (tertiary/aromatic N) is 4. The number of amides is 1. The van der Waals surface area contributed by atoms with Crippen molar-refractivity contribution in [2.75, 3.05) is 56.5 Å². The summed E-state index contributed by atoms with van der Waals surface area (Å²) in [5, 5.41) is 1.80. The molecule has 1 aromatic heterocycles. The fourth-order valence-corrected chi connectivity index (χ4v) is 6.47. The molecule has 2 aromatic carbocycles. The topological polar surface area (TPSA) is 103 Å². The van der Waals surface area contributed by atoms with Gasteiger partial charge in [0, 0.05) is 42.2 Å². The number of anilines is 1. The number of pyridine rings is 1. The minimum Gasteiger partial charge on any atom is -0.437 e. The first-order valence-corrected chi connectivity index (χ1v) is 13.5. The highest BCUT2D eigenvalue weighted by Crippen LogP contribution is 2.48. The summed E-state index contributed by atoms with van der Waals surface area (Å²) in [5.41, 5.74) is 1.26. The molecule has 4 aliphatic rings. The molecule has 1 amide bonds. The van der Waals surface area contributed by atoms with E-state index in [4.69, 9.17) is 14.2 Å². The Morgan fingerprint density at radius 1 is 0.952 bits per heavy atom. The highest BCUT2D eigenvalue weighted by Gasteiger charge is 2.48. The smallest absolute Gasteiger partial charge is 0.437 e. The minimum absolute atomic E-state index is 0.0957. The number of benzene rings is 2. The van der Waals surface area contributed by atoms with Crippen molar-refractivity contribution in [3.05, 3.63) is 92.9 Å². The molecule has 13 heteroatoms. The van der Waals surface area contributed by atoms with Crippen LogP contribution in [0.2, 0.25) is 0 Å². The maximum atomic E-state index is 15.9. The lowest BCUT2D eigenvalue weighted by Gasteiger charge is -2.51. The lowest BCUT2D eigenvalue weighted by molar-refractivity contribution is -0.0197. The number of carbonyl (C=O) groups is 2. The fourth-order valence-electron chi connectivity index (χ4n) is 6.47. The van der Waals surface area contributed by atoms with E-state index >= 15 is 4.39 Å². The molecule has 42 heavy (non-hydrogen) atoms. The largest absolute Gasteiger partial charge is 0.513 e. The van der Waals surface area contributed by atoms with Gasteiger partial charge in [0.1, 0.15) is 12.2 Å². The van der Waals surface area contributed by atoms with Crippen LogP contribution >= 0.6 is 0 Å². The average Bonchev–Trinajstić information content (AvgIpc) is 3.13. The molecule has 0 aliphatic carbocycles. The van der Waals surface area contributed by atoms with Crippen LogP contribution in [0.1, 0.15) is 39.3 Å². The first-order chi connectivity index (χ1) is 20.4. The second-order valence-electron chi connectivity index (χ2n) is 10.3. The summed E-state index contributed by atoms with van der Waals surface area (Å²) in [6.45, 7) is 1.52. The van der Waals surface area contributed by atoms with Crippen molar-refractivity contribution in [2.24, 2.45) is 0 Å². The lowest BCUT2D eigenvalue weighted by atomic mass is 9.91. The number of rotatable bonds is 2. The quantitative estimate of drug-likeness (QED) is 0.424. The monoisotopic (exact) mass is 580 g/mol. The lowest BCUT2D eigenvalue weighted by Crippen LogP contribution is -2.66. The van der Waals surface area contributed by atoms with Crippen molar-refractivity contribution >= 4 is 17.7 Å². The van der Waals surface area contributed by atoms with E-state index in [2.05, 4.69) is 4.74 Å². The third kappa shape index (κ3) is 3.87. The van der Waals surface area contributed by atoms with Crippen molar-refractivity contribution < 1.29 is 37.3 Å². The van der Waals surface area contributed by atoms with Crippen LogP contribution in [0.5, 0.6) is 5.75 Å². The van der Waals surface area contributed by atoms with Crippen LogP contribution in [0.15, 0.2) is 53.5 Å². The SMILES string of the molecule is COC(=O)Oc1c2n(ccc1=O)N([C@@H]1c3ccccc3N3CCOCC3c3c1ccc(F)c3F)[C@@H]1COCCN1C2=O. The molecule has 3 atom stereocenters. The van der Waals surface area contributed by atoms with Gasteiger partial charge < -0.3 is 28.7 Å². The van der Waals surface area contributed by atoms with E-state index in [-0.39, 0.29) is 37.6 Å². The molecule has 0 saturated carbocycles. The Morgan fingerprint density at radius 3 is 2.52 bits per heavy atom. The number of ether oxygens (including phenoxy) is 4. The van der Waals surface area contributed by atoms with Gasteiger partial charge in [-0.05, 0) is 17.7 Å². The standard InChI is InChI=1S/C29H26F2N4O7/c1-39-29(38)42-27-21(36)8-9-34-26(27)28(37)33-11-13-41-15-22(33)35(34)25-16-4-2-3-5-19(16)32-10-12-40-14-20(32)23-17(25)6-7-18(30)24(23)31/h2-9,20,22,25H,10-15H2,1H3/t20?,22-,25-/m1/s1. The van der Waals surface area contributed by atoms with Gasteiger partial charge in [0.05, 0.1) is 39.6 Å². The molecule has 2 fully saturated rings. The van der Waals surface area contributed by atoms with Gasteiger partial charge >= 0.3 is 6.16 Å². The Hall–Kier alpha value is -4.49. The molecule has 218 valence electrons. The van der Waals surface area contributed by atoms with Crippen LogP contribution < -0.4 is 20.1 Å². The van der Waals surface area contributed by atoms with Crippen LogP contribution in [0.3, 0.4) is 0 Å². The number of methoxy groups -OCH3 is 1. The van der Waals surface area contributed by atoms with Crippen LogP contribution in [0.25, 0.3) is 0 Å². The number of fused-ring (bicyclic) bond motifs is 7. The number of para-hydroxylation sites is 1. The molecule has 0 bridgehead atoms. The van der Waals surface area contributed by atoms with Crippen LogP contribution in [-0.4, -0.2) is 74.4 Å². The second-order valence-corrected chi connectivity index (χ2v) is 10.3. The molecule has 7 rings (SSSR count). The number of carbonyl (C=O) groups excluding carboxylic acids is 2. The summed E-state index contributed by atoms with van der Waals surface area (Å²) in [6.07, 6.45) is -0.462. The van der Waals surface area contributed by atoms with E-state index in [0.717, 1.165) is 24.4 Å². The maximum absolute atomic E-state index is 15.9. The van der Waals surface area contributed by atoms with Gasteiger partial charge in [-0.2, -0.15) is 0 Å². The third-order valence-electron chi connectivity index (χ3n) is 8.24. The molecule has 5 heterocycles. The predicted octanol–water partition coefficient (Wildman–Crippen LogP) is 2.70. The van der Waals surface area contributed by atoms with Crippen molar-refractivity contribution in [3.63, 3.8) is 0 Å². The van der Waals surface area contributed by atoms with Crippen molar-refractivity contribution in [2.45, 2.75) is 18.2 Å². The number of hydrogen-bond acceptors (Lipinski definition) is 9. The highest BCUT2D eigenvalue weighted by atomic mass is 19.2. The zero-order chi connectivity index (χ0) is 29.1. The Bertz CT molecular complexity index is 1660. The molecule has 0 N–H and O–H groups in total. The normalized spacial score (nSPS) is 22.7. The zero-order valence-electron chi connectivity index (χ0n) is 22.5. The Morgan fingerprint density at radius 2 is 1.71 bits per heavy atom. The molecule has 4 aliphatic heterocycles. The van der Waals surface area contributed by atoms with Gasteiger partial charge in [-0.1, -0.05) is 24.3 Å². The van der Waals surface area contributed by atoms with E-state index in [1.165, 1.54) is 21.8 Å². The summed E-state index contributed by atoms with van der Waals surface area (Å²) >= 11 is 0. The van der Waals surface area contributed by atoms with Gasteiger partial charge in [0.2, 0.25) is 11.2 Å². The van der Waals surface area contributed by atoms with Gasteiger partial charge in [-0.3, -0.25) is 19.3 Å². The Kier molecular flexibility index (Phi) is 6.35. The van der Waals surface area contributed by atoms with Crippen LogP contribution in [0, 0.1) is 11.6 Å². The van der Waals surface area contributed by atoms with Crippen molar-refractivity contribution in [1.82, 2.24) is 9.58 Å². The van der Waals surface area contributed by atoms with E-state index in [9.17, 15) is 18.8 Å². The Labute approximate surface area is 238 Å². The number of halogens is 2. The van der Waals surface area contributed by atoms with Crippen molar-refractivity contribution in [1.29, 1.82) is 0 Å². The molecule has 1 unspecified atom stereocenters. The fraction of sp³-hybridized carbons (Fsp3) is 0.345. The van der Waals surface area contributed by atoms with Gasteiger partial charge in [-0.15, -0.1) is 0 Å². The second kappa shape index (κ2) is 10.1. The average molecular weight is 581 g/mol. The third-order valence-corrected chi connectivity index (χ3v) is 8.24.